The number of aromatic nitrogens is 1. The molecule has 0 saturated heterocycles. The van der Waals surface area contributed by atoms with Gasteiger partial charge < -0.3 is 10.6 Å². The van der Waals surface area contributed by atoms with Crippen molar-refractivity contribution in [1.29, 1.82) is 0 Å². The van der Waals surface area contributed by atoms with Crippen molar-refractivity contribution in [1.82, 2.24) is 4.98 Å². The Labute approximate surface area is 162 Å². The Morgan fingerprint density at radius 2 is 1.85 bits per heavy atom. The van der Waals surface area contributed by atoms with Crippen molar-refractivity contribution in [3.05, 3.63) is 87.5 Å². The quantitative estimate of drug-likeness (QED) is 0.604. The zero-order valence-electron chi connectivity index (χ0n) is 14.1. The summed E-state index contributed by atoms with van der Waals surface area (Å²) < 4.78 is 0. The van der Waals surface area contributed by atoms with E-state index in [2.05, 4.69) is 34.7 Å². The summed E-state index contributed by atoms with van der Waals surface area (Å²) >= 11 is 11.8. The number of benzene rings is 2. The van der Waals surface area contributed by atoms with Crippen molar-refractivity contribution < 1.29 is 4.79 Å². The fraction of sp³-hybridized carbons (Fsp3) is 0.100. The Bertz CT molecular complexity index is 927. The van der Waals surface area contributed by atoms with E-state index in [4.69, 9.17) is 23.2 Å². The molecule has 0 unspecified atom stereocenters. The number of carbonyl (C=O) groups is 1. The van der Waals surface area contributed by atoms with Crippen molar-refractivity contribution in [2.75, 3.05) is 10.6 Å². The minimum Gasteiger partial charge on any atom is -0.366 e. The van der Waals surface area contributed by atoms with Crippen LogP contribution in [0.5, 0.6) is 0 Å². The van der Waals surface area contributed by atoms with E-state index in [1.165, 1.54) is 17.2 Å². The molecule has 1 aromatic heterocycles. The average molecular weight is 386 g/mol. The highest BCUT2D eigenvalue weighted by atomic mass is 35.5. The molecule has 0 fully saturated rings. The van der Waals surface area contributed by atoms with Gasteiger partial charge in [0, 0.05) is 12.1 Å². The maximum absolute atomic E-state index is 12.3. The van der Waals surface area contributed by atoms with E-state index in [0.717, 1.165) is 5.82 Å². The number of amides is 1. The van der Waals surface area contributed by atoms with Crippen molar-refractivity contribution >= 4 is 40.6 Å². The summed E-state index contributed by atoms with van der Waals surface area (Å²) in [4.78, 5) is 16.6. The summed E-state index contributed by atoms with van der Waals surface area (Å²) in [5, 5.41) is 6.81. The highest BCUT2D eigenvalue weighted by Gasteiger charge is 2.09. The van der Waals surface area contributed by atoms with Gasteiger partial charge in [-0.25, -0.2) is 4.98 Å². The van der Waals surface area contributed by atoms with E-state index in [9.17, 15) is 4.79 Å². The fourth-order valence-corrected chi connectivity index (χ4v) is 2.71. The van der Waals surface area contributed by atoms with E-state index in [0.29, 0.717) is 27.8 Å². The summed E-state index contributed by atoms with van der Waals surface area (Å²) in [6, 6.07) is 16.5. The van der Waals surface area contributed by atoms with Crippen LogP contribution < -0.4 is 10.6 Å². The minimum atomic E-state index is -0.272. The average Bonchev–Trinajstić information content (AvgIpc) is 2.64. The lowest BCUT2D eigenvalue weighted by Gasteiger charge is -2.10. The van der Waals surface area contributed by atoms with Gasteiger partial charge in [0.1, 0.15) is 5.82 Å². The van der Waals surface area contributed by atoms with Crippen LogP contribution in [0.15, 0.2) is 60.8 Å². The highest BCUT2D eigenvalue weighted by Crippen LogP contribution is 2.23. The largest absolute Gasteiger partial charge is 0.366 e. The van der Waals surface area contributed by atoms with Crippen LogP contribution in [0.1, 0.15) is 21.5 Å². The molecule has 132 valence electrons. The third-order valence-corrected chi connectivity index (χ3v) is 4.66. The molecule has 3 rings (SSSR count). The van der Waals surface area contributed by atoms with Gasteiger partial charge in [-0.05, 0) is 48.4 Å². The normalized spacial score (nSPS) is 10.4. The van der Waals surface area contributed by atoms with Gasteiger partial charge in [0.25, 0.3) is 5.91 Å². The molecule has 0 aliphatic carbocycles. The predicted octanol–water partition coefficient (Wildman–Crippen LogP) is 5.56. The molecule has 2 aromatic carbocycles. The minimum absolute atomic E-state index is 0.272. The van der Waals surface area contributed by atoms with Gasteiger partial charge in [0.15, 0.2) is 0 Å². The molecule has 0 bridgehead atoms. The van der Waals surface area contributed by atoms with E-state index in [-0.39, 0.29) is 5.91 Å². The molecule has 1 amide bonds. The third-order valence-electron chi connectivity index (χ3n) is 3.92. The van der Waals surface area contributed by atoms with Crippen LogP contribution in [0.4, 0.5) is 11.5 Å². The molecule has 0 radical (unpaired) electrons. The molecular weight excluding hydrogens is 369 g/mol. The lowest BCUT2D eigenvalue weighted by Crippen LogP contribution is -2.12. The number of rotatable bonds is 5. The zero-order chi connectivity index (χ0) is 18.5. The van der Waals surface area contributed by atoms with Crippen molar-refractivity contribution in [3.63, 3.8) is 0 Å². The van der Waals surface area contributed by atoms with Crippen LogP contribution in [0.2, 0.25) is 10.0 Å². The molecule has 1 heterocycles. The lowest BCUT2D eigenvalue weighted by atomic mass is 10.1. The molecule has 0 aliphatic heterocycles. The SMILES string of the molecule is Cc1ccccc1CNc1ccc(NC(=O)c2ccc(Cl)c(Cl)c2)cn1. The van der Waals surface area contributed by atoms with Gasteiger partial charge in [-0.15, -0.1) is 0 Å². The van der Waals surface area contributed by atoms with Crippen LogP contribution in [0.25, 0.3) is 0 Å². The number of halogens is 2. The Hall–Kier alpha value is -2.56. The number of carbonyl (C=O) groups excluding carboxylic acids is 1. The molecule has 2 N–H and O–H groups in total. The van der Waals surface area contributed by atoms with Gasteiger partial charge in [0.05, 0.1) is 21.9 Å². The van der Waals surface area contributed by atoms with E-state index in [1.807, 2.05) is 18.2 Å². The van der Waals surface area contributed by atoms with Crippen LogP contribution in [-0.4, -0.2) is 10.9 Å². The summed E-state index contributed by atoms with van der Waals surface area (Å²) in [5.41, 5.74) is 3.47. The second kappa shape index (κ2) is 8.21. The molecule has 3 aromatic rings. The second-order valence-electron chi connectivity index (χ2n) is 5.80. The first-order valence-electron chi connectivity index (χ1n) is 8.04. The molecule has 0 aliphatic rings. The van der Waals surface area contributed by atoms with Crippen LogP contribution >= 0.6 is 23.2 Å². The fourth-order valence-electron chi connectivity index (χ4n) is 2.41. The Morgan fingerprint density at radius 1 is 1.04 bits per heavy atom. The van der Waals surface area contributed by atoms with Crippen LogP contribution in [0, 0.1) is 6.92 Å². The summed E-state index contributed by atoms with van der Waals surface area (Å²) in [5.74, 6) is 0.465. The topological polar surface area (TPSA) is 54.0 Å². The standard InChI is InChI=1S/C20H17Cl2N3O/c1-13-4-2-3-5-15(13)11-23-19-9-7-16(12-24-19)25-20(26)14-6-8-17(21)18(22)10-14/h2-10,12H,11H2,1H3,(H,23,24)(H,25,26). The number of anilines is 2. The maximum atomic E-state index is 12.3. The van der Waals surface area contributed by atoms with Crippen LogP contribution in [-0.2, 0) is 6.54 Å². The Kier molecular flexibility index (Phi) is 5.76. The first-order valence-corrected chi connectivity index (χ1v) is 8.79. The van der Waals surface area contributed by atoms with Crippen LogP contribution in [0.3, 0.4) is 0 Å². The Balaban J connectivity index is 1.61. The van der Waals surface area contributed by atoms with Crippen molar-refractivity contribution in [3.8, 4) is 0 Å². The van der Waals surface area contributed by atoms with Gasteiger partial charge in [-0.1, -0.05) is 47.5 Å². The van der Waals surface area contributed by atoms with Gasteiger partial charge in [-0.3, -0.25) is 4.79 Å². The summed E-state index contributed by atoms with van der Waals surface area (Å²) in [6.07, 6.45) is 1.61. The lowest BCUT2D eigenvalue weighted by molar-refractivity contribution is 0.102. The summed E-state index contributed by atoms with van der Waals surface area (Å²) in [6.45, 7) is 2.76. The van der Waals surface area contributed by atoms with Gasteiger partial charge >= 0.3 is 0 Å². The Morgan fingerprint density at radius 3 is 2.54 bits per heavy atom. The maximum Gasteiger partial charge on any atom is 0.255 e. The van der Waals surface area contributed by atoms with Gasteiger partial charge in [0.2, 0.25) is 0 Å². The molecule has 0 atom stereocenters. The summed E-state index contributed by atoms with van der Waals surface area (Å²) in [7, 11) is 0. The second-order valence-corrected chi connectivity index (χ2v) is 6.61. The van der Waals surface area contributed by atoms with E-state index >= 15 is 0 Å². The highest BCUT2D eigenvalue weighted by molar-refractivity contribution is 6.42. The van der Waals surface area contributed by atoms with Crippen molar-refractivity contribution in [2.24, 2.45) is 0 Å². The third kappa shape index (κ3) is 4.54. The molecule has 0 spiro atoms. The zero-order valence-corrected chi connectivity index (χ0v) is 15.6. The van der Waals surface area contributed by atoms with Gasteiger partial charge in [-0.2, -0.15) is 0 Å². The smallest absolute Gasteiger partial charge is 0.255 e. The van der Waals surface area contributed by atoms with E-state index in [1.54, 1.807) is 24.4 Å². The molecule has 0 saturated carbocycles. The number of nitrogens with one attached hydrogen (secondary N) is 2. The first-order chi connectivity index (χ1) is 12.5. The number of hydrogen-bond acceptors (Lipinski definition) is 3. The number of nitrogens with zero attached hydrogens (tertiary/aromatic N) is 1. The predicted molar refractivity (Wildman–Crippen MR) is 107 cm³/mol. The monoisotopic (exact) mass is 385 g/mol. The van der Waals surface area contributed by atoms with Crippen molar-refractivity contribution in [2.45, 2.75) is 13.5 Å². The number of hydrogen-bond donors (Lipinski definition) is 2. The molecule has 4 nitrogen and oxygen atoms in total. The number of pyridine rings is 1. The molecule has 26 heavy (non-hydrogen) atoms. The number of aryl methyl sites for hydroxylation is 1. The molecular formula is C20H17Cl2N3O. The molecule has 6 heteroatoms. The first kappa shape index (κ1) is 18.2. The van der Waals surface area contributed by atoms with E-state index < -0.39 is 0 Å².